The van der Waals surface area contributed by atoms with Crippen molar-refractivity contribution in [1.82, 2.24) is 10.2 Å². The van der Waals surface area contributed by atoms with E-state index in [1.54, 1.807) is 24.1 Å². The fraction of sp³-hybridized carbons (Fsp3) is 0.440. The number of hydrogen-bond acceptors (Lipinski definition) is 3. The van der Waals surface area contributed by atoms with E-state index in [0.29, 0.717) is 6.42 Å². The third-order valence-electron chi connectivity index (χ3n) is 5.87. The number of rotatable bonds is 9. The van der Waals surface area contributed by atoms with E-state index in [4.69, 9.17) is 4.74 Å². The predicted molar refractivity (Wildman–Crippen MR) is 118 cm³/mol. The summed E-state index contributed by atoms with van der Waals surface area (Å²) in [5.74, 6) is 0.148. The molecule has 0 radical (unpaired) electrons. The van der Waals surface area contributed by atoms with Crippen LogP contribution in [0.5, 0.6) is 5.75 Å². The van der Waals surface area contributed by atoms with E-state index in [0.717, 1.165) is 42.6 Å². The summed E-state index contributed by atoms with van der Waals surface area (Å²) in [6.07, 6.45) is 4.90. The number of nitrogens with one attached hydrogen (secondary N) is 1. The topological polar surface area (TPSA) is 58.6 Å². The number of amides is 2. The van der Waals surface area contributed by atoms with Crippen molar-refractivity contribution in [2.75, 3.05) is 7.11 Å². The molecule has 2 aromatic rings. The Labute approximate surface area is 183 Å². The highest BCUT2D eigenvalue weighted by molar-refractivity contribution is 5.88. The maximum absolute atomic E-state index is 13.4. The number of ether oxygens (including phenoxy) is 1. The van der Waals surface area contributed by atoms with Gasteiger partial charge in [-0.15, -0.1) is 0 Å². The van der Waals surface area contributed by atoms with E-state index in [1.807, 2.05) is 31.2 Å². The Morgan fingerprint density at radius 3 is 2.26 bits per heavy atom. The van der Waals surface area contributed by atoms with Crippen molar-refractivity contribution in [2.24, 2.45) is 0 Å². The van der Waals surface area contributed by atoms with Crippen LogP contribution in [-0.4, -0.2) is 35.9 Å². The Morgan fingerprint density at radius 1 is 1.06 bits per heavy atom. The molecule has 1 fully saturated rings. The number of carbonyl (C=O) groups excluding carboxylic acids is 2. The van der Waals surface area contributed by atoms with Crippen molar-refractivity contribution >= 4 is 11.8 Å². The zero-order valence-corrected chi connectivity index (χ0v) is 18.3. The molecule has 0 saturated heterocycles. The number of nitrogens with zero attached hydrogens (tertiary/aromatic N) is 1. The molecule has 31 heavy (non-hydrogen) atoms. The molecule has 5 nitrogen and oxygen atoms in total. The van der Waals surface area contributed by atoms with Crippen LogP contribution in [-0.2, 0) is 22.6 Å². The highest BCUT2D eigenvalue weighted by Gasteiger charge is 2.30. The second-order valence-corrected chi connectivity index (χ2v) is 8.09. The molecule has 166 valence electrons. The van der Waals surface area contributed by atoms with Crippen molar-refractivity contribution in [1.29, 1.82) is 0 Å². The molecule has 1 aliphatic carbocycles. The summed E-state index contributed by atoms with van der Waals surface area (Å²) in [5, 5.41) is 3.13. The first kappa shape index (κ1) is 22.8. The summed E-state index contributed by atoms with van der Waals surface area (Å²) in [6, 6.07) is 13.0. The first-order chi connectivity index (χ1) is 15.0. The molecule has 0 aromatic heterocycles. The Hall–Kier alpha value is -2.89. The number of benzene rings is 2. The van der Waals surface area contributed by atoms with Gasteiger partial charge < -0.3 is 15.0 Å². The van der Waals surface area contributed by atoms with Crippen LogP contribution in [0.15, 0.2) is 48.5 Å². The standard InChI is InChI=1S/C25H31FN2O3/c1-3-23(25(30)27-21-6-4-5-7-21)28(17-19-8-12-20(26)13-9-19)24(29)16-18-10-14-22(31-2)15-11-18/h8-15,21,23H,3-7,16-17H2,1-2H3,(H,27,30)/t23-/m0/s1. The number of halogens is 1. The molecule has 2 aromatic carbocycles. The van der Waals surface area contributed by atoms with Crippen LogP contribution in [0.3, 0.4) is 0 Å². The quantitative estimate of drug-likeness (QED) is 0.652. The zero-order valence-electron chi connectivity index (χ0n) is 18.3. The predicted octanol–water partition coefficient (Wildman–Crippen LogP) is 4.24. The molecule has 0 unspecified atom stereocenters. The third-order valence-corrected chi connectivity index (χ3v) is 5.87. The van der Waals surface area contributed by atoms with E-state index >= 15 is 0 Å². The van der Waals surface area contributed by atoms with E-state index < -0.39 is 6.04 Å². The lowest BCUT2D eigenvalue weighted by Crippen LogP contribution is -2.51. The van der Waals surface area contributed by atoms with Crippen LogP contribution in [0.1, 0.15) is 50.2 Å². The normalized spacial score (nSPS) is 14.8. The number of methoxy groups -OCH3 is 1. The van der Waals surface area contributed by atoms with Crippen LogP contribution in [0, 0.1) is 5.82 Å². The lowest BCUT2D eigenvalue weighted by Gasteiger charge is -2.31. The van der Waals surface area contributed by atoms with Gasteiger partial charge in [0.1, 0.15) is 17.6 Å². The van der Waals surface area contributed by atoms with E-state index in [1.165, 1.54) is 12.1 Å². The first-order valence-electron chi connectivity index (χ1n) is 11.0. The van der Waals surface area contributed by atoms with Crippen LogP contribution in [0.4, 0.5) is 4.39 Å². The minimum atomic E-state index is -0.573. The van der Waals surface area contributed by atoms with Crippen molar-refractivity contribution in [2.45, 2.75) is 64.1 Å². The van der Waals surface area contributed by atoms with Gasteiger partial charge in [0.05, 0.1) is 13.5 Å². The van der Waals surface area contributed by atoms with Gasteiger partial charge in [0, 0.05) is 12.6 Å². The zero-order chi connectivity index (χ0) is 22.2. The van der Waals surface area contributed by atoms with Crippen LogP contribution >= 0.6 is 0 Å². The molecule has 1 N–H and O–H groups in total. The van der Waals surface area contributed by atoms with Gasteiger partial charge in [-0.2, -0.15) is 0 Å². The Morgan fingerprint density at radius 2 is 1.68 bits per heavy atom. The molecule has 2 amide bonds. The average Bonchev–Trinajstić information content (AvgIpc) is 3.28. The van der Waals surface area contributed by atoms with Crippen molar-refractivity contribution in [3.05, 3.63) is 65.5 Å². The van der Waals surface area contributed by atoms with Crippen molar-refractivity contribution in [3.8, 4) is 5.75 Å². The van der Waals surface area contributed by atoms with Crippen LogP contribution < -0.4 is 10.1 Å². The molecule has 6 heteroatoms. The maximum atomic E-state index is 13.4. The smallest absolute Gasteiger partial charge is 0.243 e. The van der Waals surface area contributed by atoms with Gasteiger partial charge in [0.25, 0.3) is 0 Å². The van der Waals surface area contributed by atoms with Gasteiger partial charge >= 0.3 is 0 Å². The molecule has 1 saturated carbocycles. The second kappa shape index (κ2) is 10.9. The second-order valence-electron chi connectivity index (χ2n) is 8.09. The molecule has 3 rings (SSSR count). The first-order valence-corrected chi connectivity index (χ1v) is 11.0. The van der Waals surface area contributed by atoms with Gasteiger partial charge in [-0.3, -0.25) is 9.59 Å². The SMILES string of the molecule is CC[C@@H](C(=O)NC1CCCC1)N(Cc1ccc(F)cc1)C(=O)Cc1ccc(OC)cc1. The van der Waals surface area contributed by atoms with Gasteiger partial charge in [-0.25, -0.2) is 4.39 Å². The molecule has 0 heterocycles. The van der Waals surface area contributed by atoms with E-state index in [9.17, 15) is 14.0 Å². The Kier molecular flexibility index (Phi) is 8.04. The lowest BCUT2D eigenvalue weighted by molar-refractivity contribution is -0.141. The number of hydrogen-bond donors (Lipinski definition) is 1. The van der Waals surface area contributed by atoms with Crippen LogP contribution in [0.2, 0.25) is 0 Å². The maximum Gasteiger partial charge on any atom is 0.243 e. The van der Waals surface area contributed by atoms with Crippen molar-refractivity contribution < 1.29 is 18.7 Å². The van der Waals surface area contributed by atoms with Gasteiger partial charge in [0.15, 0.2) is 0 Å². The average molecular weight is 427 g/mol. The van der Waals surface area contributed by atoms with Gasteiger partial charge in [0.2, 0.25) is 11.8 Å². The Balaban J connectivity index is 1.79. The van der Waals surface area contributed by atoms with Gasteiger partial charge in [-0.05, 0) is 54.7 Å². The summed E-state index contributed by atoms with van der Waals surface area (Å²) in [7, 11) is 1.60. The summed E-state index contributed by atoms with van der Waals surface area (Å²) in [6.45, 7) is 2.17. The summed E-state index contributed by atoms with van der Waals surface area (Å²) >= 11 is 0. The molecule has 0 bridgehead atoms. The monoisotopic (exact) mass is 426 g/mol. The number of carbonyl (C=O) groups is 2. The highest BCUT2D eigenvalue weighted by atomic mass is 19.1. The summed E-state index contributed by atoms with van der Waals surface area (Å²) in [5.41, 5.74) is 1.64. The van der Waals surface area contributed by atoms with Gasteiger partial charge in [-0.1, -0.05) is 44.0 Å². The molecular formula is C25H31FN2O3. The molecule has 1 atom stereocenters. The Bertz CT molecular complexity index is 861. The van der Waals surface area contributed by atoms with E-state index in [-0.39, 0.29) is 36.6 Å². The summed E-state index contributed by atoms with van der Waals surface area (Å²) in [4.78, 5) is 28.0. The lowest BCUT2D eigenvalue weighted by atomic mass is 10.1. The molecular weight excluding hydrogens is 395 g/mol. The molecule has 0 spiro atoms. The fourth-order valence-electron chi connectivity index (χ4n) is 4.09. The third kappa shape index (κ3) is 6.29. The fourth-order valence-corrected chi connectivity index (χ4v) is 4.09. The summed E-state index contributed by atoms with van der Waals surface area (Å²) < 4.78 is 18.5. The largest absolute Gasteiger partial charge is 0.497 e. The highest BCUT2D eigenvalue weighted by Crippen LogP contribution is 2.20. The van der Waals surface area contributed by atoms with E-state index in [2.05, 4.69) is 5.32 Å². The van der Waals surface area contributed by atoms with Crippen LogP contribution in [0.25, 0.3) is 0 Å². The van der Waals surface area contributed by atoms with Crippen molar-refractivity contribution in [3.63, 3.8) is 0 Å². The molecule has 1 aliphatic rings. The minimum Gasteiger partial charge on any atom is -0.497 e. The minimum absolute atomic E-state index is 0.111. The molecule has 0 aliphatic heterocycles.